The Kier molecular flexibility index (Phi) is 6.20. The second-order valence-electron chi connectivity index (χ2n) is 9.83. The van der Waals surface area contributed by atoms with E-state index < -0.39 is 11.5 Å². The third-order valence-corrected chi connectivity index (χ3v) is 8.36. The maximum Gasteiger partial charge on any atom is 0.167 e. The fourth-order valence-corrected chi connectivity index (χ4v) is 6.41. The maximum absolute atomic E-state index is 13.1. The van der Waals surface area contributed by atoms with E-state index in [-0.39, 0.29) is 17.2 Å². The highest BCUT2D eigenvalue weighted by Crippen LogP contribution is 2.49. The van der Waals surface area contributed by atoms with Crippen LogP contribution in [0.2, 0.25) is 0 Å². The highest BCUT2D eigenvalue weighted by molar-refractivity contribution is 6.00. The average Bonchev–Trinajstić information content (AvgIpc) is 3.06. The van der Waals surface area contributed by atoms with Gasteiger partial charge in [-0.15, -0.1) is 0 Å². The largest absolute Gasteiger partial charge is 0.392 e. The van der Waals surface area contributed by atoms with Crippen LogP contribution in [-0.2, 0) is 9.53 Å². The van der Waals surface area contributed by atoms with Crippen LogP contribution < -0.4 is 5.32 Å². The van der Waals surface area contributed by atoms with Gasteiger partial charge in [-0.3, -0.25) is 10.1 Å². The van der Waals surface area contributed by atoms with Gasteiger partial charge in [0, 0.05) is 5.54 Å². The van der Waals surface area contributed by atoms with Crippen LogP contribution >= 0.6 is 0 Å². The molecule has 1 saturated heterocycles. The molecule has 7 atom stereocenters. The van der Waals surface area contributed by atoms with Crippen LogP contribution in [-0.4, -0.2) is 35.9 Å². The van der Waals surface area contributed by atoms with E-state index in [1.54, 1.807) is 0 Å². The molecule has 0 aromatic rings. The van der Waals surface area contributed by atoms with Gasteiger partial charge < -0.3 is 9.84 Å². The minimum Gasteiger partial charge on any atom is -0.392 e. The van der Waals surface area contributed by atoms with Gasteiger partial charge in [0.25, 0.3) is 0 Å². The van der Waals surface area contributed by atoms with Crippen molar-refractivity contribution in [2.24, 2.45) is 29.1 Å². The van der Waals surface area contributed by atoms with E-state index in [1.165, 1.54) is 0 Å². The second kappa shape index (κ2) is 7.96. The summed E-state index contributed by atoms with van der Waals surface area (Å²) in [4.78, 5) is 13.1. The number of allylic oxidation sites excluding steroid dienone is 1. The van der Waals surface area contributed by atoms with Gasteiger partial charge in [-0.2, -0.15) is 0 Å². The Balaban J connectivity index is 1.79. The van der Waals surface area contributed by atoms with E-state index in [0.29, 0.717) is 36.5 Å². The Morgan fingerprint density at radius 1 is 1.30 bits per heavy atom. The summed E-state index contributed by atoms with van der Waals surface area (Å²) in [6, 6.07) is 0. The number of Topliss-reactive ketones (excluding diaryl/α,β-unsaturated/α-hetero) is 1. The van der Waals surface area contributed by atoms with E-state index >= 15 is 0 Å². The molecule has 0 bridgehead atoms. The molecule has 0 radical (unpaired) electrons. The molecular weight excluding hydrogens is 338 g/mol. The van der Waals surface area contributed by atoms with E-state index in [0.717, 1.165) is 45.1 Å². The quantitative estimate of drug-likeness (QED) is 0.725. The van der Waals surface area contributed by atoms with Gasteiger partial charge in [0.1, 0.15) is 0 Å². The van der Waals surface area contributed by atoms with Gasteiger partial charge in [0.2, 0.25) is 0 Å². The zero-order chi connectivity index (χ0) is 19.8. The lowest BCUT2D eigenvalue weighted by molar-refractivity contribution is -0.142. The maximum atomic E-state index is 13.1. The molecule has 3 fully saturated rings. The Labute approximate surface area is 165 Å². The summed E-state index contributed by atoms with van der Waals surface area (Å²) < 4.78 is 5.65. The molecule has 2 aliphatic carbocycles. The number of rotatable bonds is 4. The normalized spacial score (nSPS) is 44.5. The van der Waals surface area contributed by atoms with Crippen LogP contribution in [0.3, 0.4) is 0 Å². The van der Waals surface area contributed by atoms with Gasteiger partial charge >= 0.3 is 0 Å². The van der Waals surface area contributed by atoms with Crippen LogP contribution in [0.15, 0.2) is 12.2 Å². The number of aliphatic hydroxyl groups excluding tert-OH is 1. The van der Waals surface area contributed by atoms with Gasteiger partial charge in [-0.1, -0.05) is 34.3 Å². The van der Waals surface area contributed by atoms with Crippen molar-refractivity contribution >= 4 is 5.78 Å². The van der Waals surface area contributed by atoms with E-state index in [9.17, 15) is 9.90 Å². The number of hydrogen-bond donors (Lipinski definition) is 2. The first-order valence-electron chi connectivity index (χ1n) is 11.0. The van der Waals surface area contributed by atoms with Gasteiger partial charge in [-0.05, 0) is 74.2 Å². The molecular formula is C23H39NO3. The van der Waals surface area contributed by atoms with Crippen LogP contribution in [0.25, 0.3) is 0 Å². The second-order valence-corrected chi connectivity index (χ2v) is 9.83. The van der Waals surface area contributed by atoms with Crippen molar-refractivity contribution in [3.8, 4) is 0 Å². The van der Waals surface area contributed by atoms with Crippen molar-refractivity contribution in [3.05, 3.63) is 12.2 Å². The van der Waals surface area contributed by atoms with E-state index in [4.69, 9.17) is 4.74 Å². The average molecular weight is 378 g/mol. The Morgan fingerprint density at radius 3 is 2.67 bits per heavy atom. The van der Waals surface area contributed by atoms with Crippen molar-refractivity contribution in [1.82, 2.24) is 5.32 Å². The predicted molar refractivity (Wildman–Crippen MR) is 108 cm³/mol. The molecule has 27 heavy (non-hydrogen) atoms. The minimum absolute atomic E-state index is 0.109. The van der Waals surface area contributed by atoms with Crippen LogP contribution in [0, 0.1) is 29.1 Å². The van der Waals surface area contributed by atoms with Crippen molar-refractivity contribution in [2.45, 2.75) is 84.3 Å². The zero-order valence-electron chi connectivity index (χ0n) is 17.7. The number of ketones is 1. The number of nitrogens with one attached hydrogen (secondary N) is 1. The first-order chi connectivity index (χ1) is 12.8. The SMILES string of the molecule is C=C1CCC(C)[C@](CC)([C@H](O)CC2C(C)CCC3(COCN3)CC2C)C1=O. The minimum atomic E-state index is -0.645. The van der Waals surface area contributed by atoms with Gasteiger partial charge in [0.05, 0.1) is 24.9 Å². The number of carbonyl (C=O) groups is 1. The molecule has 1 spiro atoms. The lowest BCUT2D eigenvalue weighted by Crippen LogP contribution is -2.51. The monoisotopic (exact) mass is 377 g/mol. The Bertz CT molecular complexity index is 568. The topological polar surface area (TPSA) is 58.6 Å². The molecule has 3 aliphatic rings. The molecule has 0 aromatic carbocycles. The first kappa shape index (κ1) is 21.0. The van der Waals surface area contributed by atoms with Crippen molar-refractivity contribution in [2.75, 3.05) is 13.3 Å². The predicted octanol–water partition coefficient (Wildman–Crippen LogP) is 4.08. The summed E-state index contributed by atoms with van der Waals surface area (Å²) in [7, 11) is 0. The van der Waals surface area contributed by atoms with E-state index in [2.05, 4.69) is 39.6 Å². The number of carbonyl (C=O) groups excluding carboxylic acids is 1. The molecule has 3 rings (SSSR count). The molecule has 1 aliphatic heterocycles. The third-order valence-electron chi connectivity index (χ3n) is 8.36. The fraction of sp³-hybridized carbons (Fsp3) is 0.870. The number of hydrogen-bond acceptors (Lipinski definition) is 4. The Hall–Kier alpha value is -0.710. The summed E-state index contributed by atoms with van der Waals surface area (Å²) in [6.45, 7) is 14.3. The van der Waals surface area contributed by atoms with Crippen LogP contribution in [0.4, 0.5) is 0 Å². The van der Waals surface area contributed by atoms with Gasteiger partial charge in [0.15, 0.2) is 5.78 Å². The summed E-state index contributed by atoms with van der Waals surface area (Å²) in [6.07, 6.45) is 5.93. The van der Waals surface area contributed by atoms with Crippen molar-refractivity contribution < 1.29 is 14.6 Å². The smallest absolute Gasteiger partial charge is 0.167 e. The highest BCUT2D eigenvalue weighted by atomic mass is 16.5. The van der Waals surface area contributed by atoms with E-state index in [1.807, 2.05) is 0 Å². The van der Waals surface area contributed by atoms with Crippen LogP contribution in [0.1, 0.15) is 72.6 Å². The van der Waals surface area contributed by atoms with Crippen molar-refractivity contribution in [3.63, 3.8) is 0 Å². The fourth-order valence-electron chi connectivity index (χ4n) is 6.41. The lowest BCUT2D eigenvalue weighted by Gasteiger charge is -2.46. The van der Waals surface area contributed by atoms with Crippen molar-refractivity contribution in [1.29, 1.82) is 0 Å². The molecule has 1 heterocycles. The molecule has 0 aromatic heterocycles. The summed E-state index contributed by atoms with van der Waals surface area (Å²) >= 11 is 0. The summed E-state index contributed by atoms with van der Waals surface area (Å²) in [5.74, 6) is 1.80. The van der Waals surface area contributed by atoms with Gasteiger partial charge in [-0.25, -0.2) is 0 Å². The van der Waals surface area contributed by atoms with Crippen LogP contribution in [0.5, 0.6) is 0 Å². The summed E-state index contributed by atoms with van der Waals surface area (Å²) in [5.41, 5.74) is 0.174. The molecule has 0 amide bonds. The Morgan fingerprint density at radius 2 is 2.04 bits per heavy atom. The molecule has 154 valence electrons. The molecule has 5 unspecified atom stereocenters. The first-order valence-corrected chi connectivity index (χ1v) is 11.0. The summed E-state index contributed by atoms with van der Waals surface area (Å²) in [5, 5.41) is 15.0. The number of aliphatic hydroxyl groups is 1. The lowest BCUT2D eigenvalue weighted by atomic mass is 9.58. The standard InChI is InChI=1S/C23H39NO3/c1-6-23(18(5)8-7-16(3)21(23)26)20(25)11-19-15(2)9-10-22(12-17(19)4)13-27-14-24-22/h15,17-20,24-25H,3,6-14H2,1-2,4-5H3/t15?,17?,18?,19?,20-,22?,23-/m1/s1. The highest BCUT2D eigenvalue weighted by Gasteiger charge is 2.52. The molecule has 4 nitrogen and oxygen atoms in total. The number of ether oxygens (including phenoxy) is 1. The zero-order valence-corrected chi connectivity index (χ0v) is 17.7. The molecule has 2 saturated carbocycles. The third kappa shape index (κ3) is 3.65. The molecule has 4 heteroatoms. The molecule has 2 N–H and O–H groups in total.